The number of rotatable bonds is 5. The molecule has 0 saturated carbocycles. The second-order valence-electron chi connectivity index (χ2n) is 5.24. The molecule has 106 valence electrons. The lowest BCUT2D eigenvalue weighted by Crippen LogP contribution is -2.33. The highest BCUT2D eigenvalue weighted by atomic mass is 16.6. The van der Waals surface area contributed by atoms with E-state index in [9.17, 15) is 15.2 Å². The Hall–Kier alpha value is -1.89. The molecule has 1 aromatic heterocycles. The third-order valence-corrected chi connectivity index (χ3v) is 2.72. The van der Waals surface area contributed by atoms with Crippen LogP contribution < -0.4 is 10.1 Å². The van der Waals surface area contributed by atoms with Crippen LogP contribution in [0.2, 0.25) is 0 Å². The predicted molar refractivity (Wildman–Crippen MR) is 71.4 cm³/mol. The number of nitrogens with zero attached hydrogens (tertiary/aromatic N) is 2. The molecule has 0 fully saturated rings. The van der Waals surface area contributed by atoms with Crippen molar-refractivity contribution >= 4 is 11.5 Å². The van der Waals surface area contributed by atoms with Crippen LogP contribution in [0.1, 0.15) is 20.8 Å². The van der Waals surface area contributed by atoms with E-state index in [0.29, 0.717) is 0 Å². The van der Waals surface area contributed by atoms with Gasteiger partial charge in [0.2, 0.25) is 11.7 Å². The van der Waals surface area contributed by atoms with Crippen LogP contribution in [0.25, 0.3) is 0 Å². The molecule has 0 aliphatic rings. The van der Waals surface area contributed by atoms with Gasteiger partial charge in [0.15, 0.2) is 0 Å². The summed E-state index contributed by atoms with van der Waals surface area (Å²) in [5.41, 5.74) is -0.470. The van der Waals surface area contributed by atoms with Crippen LogP contribution in [0.15, 0.2) is 12.1 Å². The minimum Gasteiger partial charge on any atom is -0.481 e. The number of aliphatic hydroxyl groups is 1. The average molecular weight is 269 g/mol. The quantitative estimate of drug-likeness (QED) is 0.625. The van der Waals surface area contributed by atoms with Crippen LogP contribution in [0.4, 0.5) is 11.5 Å². The summed E-state index contributed by atoms with van der Waals surface area (Å²) in [5, 5.41) is 23.6. The van der Waals surface area contributed by atoms with Crippen molar-refractivity contribution in [2.75, 3.05) is 19.0 Å². The number of pyridine rings is 1. The van der Waals surface area contributed by atoms with Crippen molar-refractivity contribution in [2.45, 2.75) is 26.9 Å². The van der Waals surface area contributed by atoms with Gasteiger partial charge in [-0.05, 0) is 5.41 Å². The highest BCUT2D eigenvalue weighted by Gasteiger charge is 2.23. The van der Waals surface area contributed by atoms with Gasteiger partial charge in [-0.15, -0.1) is 0 Å². The van der Waals surface area contributed by atoms with Gasteiger partial charge in [-0.1, -0.05) is 20.8 Å². The van der Waals surface area contributed by atoms with E-state index < -0.39 is 11.0 Å². The van der Waals surface area contributed by atoms with Crippen LogP contribution in [0, 0.1) is 15.5 Å². The molecule has 0 spiro atoms. The summed E-state index contributed by atoms with van der Waals surface area (Å²) in [5.74, 6) is 0.367. The molecule has 0 aliphatic carbocycles. The molecule has 0 aromatic carbocycles. The maximum atomic E-state index is 10.9. The van der Waals surface area contributed by atoms with E-state index in [2.05, 4.69) is 10.3 Å². The third-order valence-electron chi connectivity index (χ3n) is 2.72. The van der Waals surface area contributed by atoms with E-state index in [1.807, 2.05) is 20.8 Å². The third kappa shape index (κ3) is 4.06. The van der Waals surface area contributed by atoms with Gasteiger partial charge in [0, 0.05) is 18.7 Å². The number of nitrogens with one attached hydrogen (secondary N) is 1. The topological polar surface area (TPSA) is 97.5 Å². The molecule has 2 N–H and O–H groups in total. The first-order valence-electron chi connectivity index (χ1n) is 5.87. The second-order valence-corrected chi connectivity index (χ2v) is 5.24. The second kappa shape index (κ2) is 5.83. The number of anilines is 1. The van der Waals surface area contributed by atoms with Gasteiger partial charge in [0.1, 0.15) is 0 Å². The lowest BCUT2D eigenvalue weighted by Gasteiger charge is -2.26. The highest BCUT2D eigenvalue weighted by Crippen LogP contribution is 2.26. The molecule has 0 bridgehead atoms. The van der Waals surface area contributed by atoms with Crippen molar-refractivity contribution in [3.05, 3.63) is 22.2 Å². The standard InChI is InChI=1S/C12H19N3O4/c1-12(2,3)9(16)7-13-11-8(15(17)18)5-6-10(14-11)19-4/h5-6,9,16H,7H2,1-4H3,(H,13,14). The predicted octanol–water partition coefficient (Wildman–Crippen LogP) is 1.82. The number of nitro groups is 1. The van der Waals surface area contributed by atoms with Gasteiger partial charge in [-0.3, -0.25) is 10.1 Å². The van der Waals surface area contributed by atoms with E-state index in [1.165, 1.54) is 19.2 Å². The van der Waals surface area contributed by atoms with Gasteiger partial charge < -0.3 is 15.2 Å². The number of hydrogen-bond donors (Lipinski definition) is 2. The van der Waals surface area contributed by atoms with Crippen LogP contribution in [-0.4, -0.2) is 34.8 Å². The zero-order chi connectivity index (χ0) is 14.6. The first-order valence-corrected chi connectivity index (χ1v) is 5.87. The molecule has 0 radical (unpaired) electrons. The number of hydrogen-bond acceptors (Lipinski definition) is 6. The minimum absolute atomic E-state index is 0.0904. The molecular weight excluding hydrogens is 250 g/mol. The molecule has 19 heavy (non-hydrogen) atoms. The summed E-state index contributed by atoms with van der Waals surface area (Å²) in [6, 6.07) is 2.74. The fourth-order valence-corrected chi connectivity index (χ4v) is 1.32. The van der Waals surface area contributed by atoms with Crippen molar-refractivity contribution < 1.29 is 14.8 Å². The maximum Gasteiger partial charge on any atom is 0.311 e. The molecule has 7 heteroatoms. The maximum absolute atomic E-state index is 10.9. The lowest BCUT2D eigenvalue weighted by atomic mass is 9.89. The first kappa shape index (κ1) is 15.2. The lowest BCUT2D eigenvalue weighted by molar-refractivity contribution is -0.384. The summed E-state index contributed by atoms with van der Waals surface area (Å²) in [6.45, 7) is 5.82. The summed E-state index contributed by atoms with van der Waals surface area (Å²) >= 11 is 0. The molecule has 0 saturated heterocycles. The zero-order valence-corrected chi connectivity index (χ0v) is 11.5. The normalized spacial score (nSPS) is 12.9. The monoisotopic (exact) mass is 269 g/mol. The van der Waals surface area contributed by atoms with Crippen molar-refractivity contribution in [1.29, 1.82) is 0 Å². The van der Waals surface area contributed by atoms with E-state index >= 15 is 0 Å². The number of aromatic nitrogens is 1. The van der Waals surface area contributed by atoms with E-state index in [0.717, 1.165) is 0 Å². The Morgan fingerprint density at radius 2 is 2.16 bits per heavy atom. The Morgan fingerprint density at radius 3 is 2.63 bits per heavy atom. The molecule has 0 amide bonds. The fraction of sp³-hybridized carbons (Fsp3) is 0.583. The summed E-state index contributed by atoms with van der Waals surface area (Å²) < 4.78 is 4.93. The molecule has 7 nitrogen and oxygen atoms in total. The Kier molecular flexibility index (Phi) is 4.66. The van der Waals surface area contributed by atoms with Crippen LogP contribution in [0.3, 0.4) is 0 Å². The molecule has 1 atom stereocenters. The molecule has 1 rings (SSSR count). The Balaban J connectivity index is 2.89. The number of ether oxygens (including phenoxy) is 1. The molecule has 1 heterocycles. The van der Waals surface area contributed by atoms with E-state index in [4.69, 9.17) is 4.74 Å². The van der Waals surface area contributed by atoms with Crippen LogP contribution in [0.5, 0.6) is 5.88 Å². The van der Waals surface area contributed by atoms with Gasteiger partial charge in [0.05, 0.1) is 18.1 Å². The Morgan fingerprint density at radius 1 is 1.53 bits per heavy atom. The molecule has 1 unspecified atom stereocenters. The smallest absolute Gasteiger partial charge is 0.311 e. The fourth-order valence-electron chi connectivity index (χ4n) is 1.32. The van der Waals surface area contributed by atoms with Crippen LogP contribution in [-0.2, 0) is 0 Å². The minimum atomic E-state index is -0.653. The Labute approximate surface area is 111 Å². The van der Waals surface area contributed by atoms with Crippen LogP contribution >= 0.6 is 0 Å². The van der Waals surface area contributed by atoms with Crippen molar-refractivity contribution in [2.24, 2.45) is 5.41 Å². The van der Waals surface area contributed by atoms with Gasteiger partial charge in [0.25, 0.3) is 0 Å². The number of methoxy groups -OCH3 is 1. The van der Waals surface area contributed by atoms with Gasteiger partial charge >= 0.3 is 5.69 Å². The SMILES string of the molecule is COc1ccc([N+](=O)[O-])c(NCC(O)C(C)(C)C)n1. The Bertz CT molecular complexity index is 457. The zero-order valence-electron chi connectivity index (χ0n) is 11.5. The van der Waals surface area contributed by atoms with Crippen molar-refractivity contribution in [3.8, 4) is 5.88 Å². The summed E-state index contributed by atoms with van der Waals surface area (Å²) in [7, 11) is 1.43. The van der Waals surface area contributed by atoms with E-state index in [-0.39, 0.29) is 29.3 Å². The molecule has 1 aromatic rings. The number of aliphatic hydroxyl groups excluding tert-OH is 1. The van der Waals surface area contributed by atoms with Gasteiger partial charge in [-0.2, -0.15) is 4.98 Å². The summed E-state index contributed by atoms with van der Waals surface area (Å²) in [4.78, 5) is 14.3. The summed E-state index contributed by atoms with van der Waals surface area (Å²) in [6.07, 6.45) is -0.653. The largest absolute Gasteiger partial charge is 0.481 e. The van der Waals surface area contributed by atoms with Crippen molar-refractivity contribution in [1.82, 2.24) is 4.98 Å². The average Bonchev–Trinajstić information content (AvgIpc) is 2.33. The first-order chi connectivity index (χ1) is 8.75. The van der Waals surface area contributed by atoms with Gasteiger partial charge in [-0.25, -0.2) is 0 Å². The van der Waals surface area contributed by atoms with Crippen molar-refractivity contribution in [3.63, 3.8) is 0 Å². The molecular formula is C12H19N3O4. The molecule has 0 aliphatic heterocycles. The highest BCUT2D eigenvalue weighted by molar-refractivity contribution is 5.57. The van der Waals surface area contributed by atoms with E-state index in [1.54, 1.807) is 0 Å².